The molecule has 0 aliphatic carbocycles. The third kappa shape index (κ3) is 9.63. The number of anilines is 2. The number of thioether (sulfide) groups is 1. The van der Waals surface area contributed by atoms with Crippen molar-refractivity contribution < 1.29 is 19.1 Å². The Labute approximate surface area is 295 Å². The molecule has 5 aromatic rings. The molecule has 5 rings (SSSR count). The molecule has 0 fully saturated rings. The van der Waals surface area contributed by atoms with Crippen molar-refractivity contribution in [2.45, 2.75) is 29.9 Å². The first-order valence-corrected chi connectivity index (χ1v) is 16.9. The Morgan fingerprint density at radius 2 is 1.37 bits per heavy atom. The maximum atomic E-state index is 13.6. The second-order valence-electron chi connectivity index (χ2n) is 11.4. The maximum absolute atomic E-state index is 13.6. The molecule has 0 spiro atoms. The number of methoxy groups -OCH3 is 1. The molecular formula is C40H36ClN3O4S. The van der Waals surface area contributed by atoms with Crippen molar-refractivity contribution >= 4 is 58.5 Å². The van der Waals surface area contributed by atoms with Gasteiger partial charge in [0.05, 0.1) is 12.1 Å². The van der Waals surface area contributed by atoms with Crippen LogP contribution in [0.5, 0.6) is 5.75 Å². The van der Waals surface area contributed by atoms with Gasteiger partial charge in [-0.05, 0) is 83.3 Å². The van der Waals surface area contributed by atoms with Crippen LogP contribution in [-0.4, -0.2) is 24.8 Å². The second-order valence-corrected chi connectivity index (χ2v) is 13.0. The Bertz CT molecular complexity index is 1930. The molecule has 5 aromatic carbocycles. The summed E-state index contributed by atoms with van der Waals surface area (Å²) in [6.07, 6.45) is 1.66. The highest BCUT2D eigenvalue weighted by atomic mass is 35.5. The molecule has 0 aliphatic rings. The Kier molecular flexibility index (Phi) is 11.9. The van der Waals surface area contributed by atoms with Gasteiger partial charge in [0.15, 0.2) is 0 Å². The fourth-order valence-electron chi connectivity index (χ4n) is 4.89. The lowest BCUT2D eigenvalue weighted by Crippen LogP contribution is -2.30. The lowest BCUT2D eigenvalue weighted by atomic mass is 10.0. The van der Waals surface area contributed by atoms with E-state index in [1.54, 1.807) is 60.7 Å². The van der Waals surface area contributed by atoms with E-state index >= 15 is 0 Å². The molecule has 0 radical (unpaired) electrons. The average Bonchev–Trinajstić information content (AvgIpc) is 3.12. The Hall–Kier alpha value is -5.31. The van der Waals surface area contributed by atoms with Gasteiger partial charge in [-0.25, -0.2) is 0 Å². The number of ether oxygens (including phenoxy) is 1. The SMILES string of the molecule is COc1ccc(NC(=O)C(Sc2ccc(NC(=O)/C(=C/c3ccc(C(C)C)cc3)NC(=O)c3ccccc3)cc2)c2ccccc2)cc1Cl. The number of rotatable bonds is 12. The van der Waals surface area contributed by atoms with Crippen LogP contribution < -0.4 is 20.7 Å². The topological polar surface area (TPSA) is 96.5 Å². The summed E-state index contributed by atoms with van der Waals surface area (Å²) >= 11 is 7.66. The van der Waals surface area contributed by atoms with Crippen LogP contribution in [0.1, 0.15) is 52.1 Å². The van der Waals surface area contributed by atoms with Crippen molar-refractivity contribution in [1.82, 2.24) is 5.32 Å². The van der Waals surface area contributed by atoms with Gasteiger partial charge in [-0.2, -0.15) is 0 Å². The Morgan fingerprint density at radius 3 is 1.98 bits per heavy atom. The lowest BCUT2D eigenvalue weighted by Gasteiger charge is -2.18. The molecule has 0 heterocycles. The molecular weight excluding hydrogens is 654 g/mol. The molecule has 7 nitrogen and oxygen atoms in total. The smallest absolute Gasteiger partial charge is 0.272 e. The zero-order chi connectivity index (χ0) is 34.8. The monoisotopic (exact) mass is 689 g/mol. The fourth-order valence-corrected chi connectivity index (χ4v) is 6.17. The Morgan fingerprint density at radius 1 is 0.735 bits per heavy atom. The molecule has 1 unspecified atom stereocenters. The first-order chi connectivity index (χ1) is 23.7. The van der Waals surface area contributed by atoms with Gasteiger partial charge in [-0.15, -0.1) is 11.8 Å². The normalized spacial score (nSPS) is 11.8. The number of carbonyl (C=O) groups is 3. The largest absolute Gasteiger partial charge is 0.495 e. The van der Waals surface area contributed by atoms with E-state index < -0.39 is 17.1 Å². The van der Waals surface area contributed by atoms with Gasteiger partial charge in [-0.1, -0.05) is 98.2 Å². The van der Waals surface area contributed by atoms with E-state index in [2.05, 4.69) is 29.8 Å². The van der Waals surface area contributed by atoms with E-state index in [1.165, 1.54) is 24.4 Å². The summed E-state index contributed by atoms with van der Waals surface area (Å²) in [6.45, 7) is 4.23. The second kappa shape index (κ2) is 16.7. The molecule has 3 amide bonds. The summed E-state index contributed by atoms with van der Waals surface area (Å²) in [6, 6.07) is 38.4. The number of benzene rings is 5. The minimum absolute atomic E-state index is 0.101. The van der Waals surface area contributed by atoms with Gasteiger partial charge in [-0.3, -0.25) is 14.4 Å². The summed E-state index contributed by atoms with van der Waals surface area (Å²) in [5.41, 5.74) is 4.39. The first-order valence-electron chi connectivity index (χ1n) is 15.7. The zero-order valence-corrected chi connectivity index (χ0v) is 28.8. The van der Waals surface area contributed by atoms with Crippen LogP contribution in [0.15, 0.2) is 138 Å². The molecule has 9 heteroatoms. The van der Waals surface area contributed by atoms with Gasteiger partial charge >= 0.3 is 0 Å². The molecule has 0 saturated heterocycles. The molecule has 0 saturated carbocycles. The van der Waals surface area contributed by atoms with E-state index in [9.17, 15) is 14.4 Å². The number of carbonyl (C=O) groups excluding carboxylic acids is 3. The molecule has 0 aromatic heterocycles. The highest BCUT2D eigenvalue weighted by molar-refractivity contribution is 8.00. The van der Waals surface area contributed by atoms with Gasteiger partial charge in [0.2, 0.25) is 5.91 Å². The van der Waals surface area contributed by atoms with E-state index in [4.69, 9.17) is 16.3 Å². The van der Waals surface area contributed by atoms with Crippen LogP contribution in [0.3, 0.4) is 0 Å². The summed E-state index contributed by atoms with van der Waals surface area (Å²) in [7, 11) is 1.53. The Balaban J connectivity index is 1.33. The average molecular weight is 690 g/mol. The van der Waals surface area contributed by atoms with Gasteiger partial charge in [0.1, 0.15) is 16.7 Å². The fraction of sp³-hybridized carbons (Fsp3) is 0.125. The highest BCUT2D eigenvalue weighted by Crippen LogP contribution is 2.37. The van der Waals surface area contributed by atoms with E-state index in [0.29, 0.717) is 33.6 Å². The van der Waals surface area contributed by atoms with Crippen molar-refractivity contribution in [3.8, 4) is 5.75 Å². The zero-order valence-electron chi connectivity index (χ0n) is 27.3. The molecule has 0 aliphatic heterocycles. The van der Waals surface area contributed by atoms with Crippen molar-refractivity contribution in [1.29, 1.82) is 0 Å². The number of nitrogens with one attached hydrogen (secondary N) is 3. The predicted octanol–water partition coefficient (Wildman–Crippen LogP) is 9.35. The van der Waals surface area contributed by atoms with Crippen LogP contribution in [0.4, 0.5) is 11.4 Å². The van der Waals surface area contributed by atoms with Crippen LogP contribution >= 0.6 is 23.4 Å². The first kappa shape index (κ1) is 35.0. The quantitative estimate of drug-likeness (QED) is 0.0896. The maximum Gasteiger partial charge on any atom is 0.272 e. The molecule has 3 N–H and O–H groups in total. The van der Waals surface area contributed by atoms with Crippen molar-refractivity contribution in [2.24, 2.45) is 0 Å². The van der Waals surface area contributed by atoms with Crippen molar-refractivity contribution in [3.05, 3.63) is 160 Å². The summed E-state index contributed by atoms with van der Waals surface area (Å²) in [5.74, 6) is -0.209. The van der Waals surface area contributed by atoms with Gasteiger partial charge < -0.3 is 20.7 Å². The summed E-state index contributed by atoms with van der Waals surface area (Å²) in [4.78, 5) is 41.0. The summed E-state index contributed by atoms with van der Waals surface area (Å²) < 4.78 is 5.22. The van der Waals surface area contributed by atoms with Crippen LogP contribution in [-0.2, 0) is 9.59 Å². The molecule has 248 valence electrons. The molecule has 0 bridgehead atoms. The third-order valence-electron chi connectivity index (χ3n) is 7.57. The predicted molar refractivity (Wildman–Crippen MR) is 199 cm³/mol. The third-order valence-corrected chi connectivity index (χ3v) is 9.13. The van der Waals surface area contributed by atoms with E-state index in [1.807, 2.05) is 72.8 Å². The highest BCUT2D eigenvalue weighted by Gasteiger charge is 2.23. The van der Waals surface area contributed by atoms with Gasteiger partial charge in [0.25, 0.3) is 11.8 Å². The molecule has 49 heavy (non-hydrogen) atoms. The number of hydrogen-bond acceptors (Lipinski definition) is 5. The summed E-state index contributed by atoms with van der Waals surface area (Å²) in [5, 5.41) is 8.46. The minimum Gasteiger partial charge on any atom is -0.495 e. The van der Waals surface area contributed by atoms with E-state index in [-0.39, 0.29) is 11.6 Å². The molecule has 1 atom stereocenters. The number of halogens is 1. The van der Waals surface area contributed by atoms with Crippen LogP contribution in [0.2, 0.25) is 5.02 Å². The lowest BCUT2D eigenvalue weighted by molar-refractivity contribution is -0.116. The van der Waals surface area contributed by atoms with Crippen LogP contribution in [0.25, 0.3) is 6.08 Å². The van der Waals surface area contributed by atoms with Gasteiger partial charge in [0, 0.05) is 21.8 Å². The standard InChI is InChI=1S/C40H36ClN3O4S/c1-26(2)28-16-14-27(15-17-28)24-35(44-38(45)30-12-8-5-9-13-30)39(46)42-31-18-21-33(22-19-31)49-37(29-10-6-4-7-11-29)40(47)43-32-20-23-36(48-3)34(41)25-32/h4-26,37H,1-3H3,(H,42,46)(H,43,47)(H,44,45)/b35-24-. The number of amides is 3. The van der Waals surface area contributed by atoms with E-state index in [0.717, 1.165) is 16.0 Å². The number of hydrogen-bond donors (Lipinski definition) is 3. The van der Waals surface area contributed by atoms with Crippen molar-refractivity contribution in [3.63, 3.8) is 0 Å². The van der Waals surface area contributed by atoms with Crippen LogP contribution in [0, 0.1) is 0 Å². The van der Waals surface area contributed by atoms with Crippen molar-refractivity contribution in [2.75, 3.05) is 17.7 Å². The minimum atomic E-state index is -0.577.